The van der Waals surface area contributed by atoms with Gasteiger partial charge >= 0.3 is 0 Å². The maximum Gasteiger partial charge on any atom is 0.258 e. The minimum absolute atomic E-state index is 0.0863. The number of hydrogen-bond donors (Lipinski definition) is 0. The average molecular weight is 403 g/mol. The molecule has 3 aromatic rings. The van der Waals surface area contributed by atoms with E-state index in [9.17, 15) is 4.79 Å². The van der Waals surface area contributed by atoms with Crippen LogP contribution in [0.2, 0.25) is 0 Å². The van der Waals surface area contributed by atoms with E-state index in [-0.39, 0.29) is 5.91 Å². The standard InChI is InChI=1S/C20H22N2OS3/c1-14-11-17-18(12-15(14)2)26-20(22(17)9-10-24-3)21-19(23)13-25-16-7-5-4-6-8-16/h4-8,11-12H,9-10,13H2,1-3H3. The minimum atomic E-state index is -0.0863. The smallest absolute Gasteiger partial charge is 0.258 e. The first-order valence-corrected chi connectivity index (χ1v) is 11.6. The maximum absolute atomic E-state index is 12.4. The number of amides is 1. The number of rotatable bonds is 6. The molecule has 0 aliphatic rings. The highest BCUT2D eigenvalue weighted by Gasteiger charge is 2.10. The summed E-state index contributed by atoms with van der Waals surface area (Å²) in [5, 5.41) is 0. The fraction of sp³-hybridized carbons (Fsp3) is 0.300. The first-order chi connectivity index (χ1) is 12.6. The van der Waals surface area contributed by atoms with E-state index in [4.69, 9.17) is 0 Å². The van der Waals surface area contributed by atoms with Gasteiger partial charge in [0, 0.05) is 17.2 Å². The monoisotopic (exact) mass is 402 g/mol. The van der Waals surface area contributed by atoms with E-state index >= 15 is 0 Å². The molecule has 3 rings (SSSR count). The van der Waals surface area contributed by atoms with Crippen LogP contribution in [0.3, 0.4) is 0 Å². The quantitative estimate of drug-likeness (QED) is 0.550. The molecule has 0 N–H and O–H groups in total. The SMILES string of the molecule is CSCCn1c(=NC(=O)CSc2ccccc2)sc2cc(C)c(C)cc21. The molecule has 1 aromatic heterocycles. The summed E-state index contributed by atoms with van der Waals surface area (Å²) in [5.74, 6) is 1.27. The number of nitrogens with zero attached hydrogens (tertiary/aromatic N) is 2. The van der Waals surface area contributed by atoms with Crippen LogP contribution in [0.4, 0.5) is 0 Å². The largest absolute Gasteiger partial charge is 0.316 e. The topological polar surface area (TPSA) is 34.4 Å². The Kier molecular flexibility index (Phi) is 6.62. The first-order valence-electron chi connectivity index (χ1n) is 8.43. The summed E-state index contributed by atoms with van der Waals surface area (Å²) in [6, 6.07) is 14.4. The van der Waals surface area contributed by atoms with Crippen molar-refractivity contribution in [2.45, 2.75) is 25.3 Å². The number of aryl methyl sites for hydroxylation is 3. The molecular formula is C20H22N2OS3. The van der Waals surface area contributed by atoms with Crippen molar-refractivity contribution in [1.82, 2.24) is 4.57 Å². The molecule has 0 radical (unpaired) electrons. The predicted octanol–water partition coefficient (Wildman–Crippen LogP) is 4.90. The fourth-order valence-electron chi connectivity index (χ4n) is 2.61. The summed E-state index contributed by atoms with van der Waals surface area (Å²) >= 11 is 4.94. The molecule has 0 aliphatic heterocycles. The second-order valence-electron chi connectivity index (χ2n) is 6.04. The summed E-state index contributed by atoms with van der Waals surface area (Å²) in [5.41, 5.74) is 3.72. The molecule has 0 fully saturated rings. The molecule has 0 bridgehead atoms. The van der Waals surface area contributed by atoms with Gasteiger partial charge in [-0.2, -0.15) is 16.8 Å². The van der Waals surface area contributed by atoms with Crippen LogP contribution in [0, 0.1) is 13.8 Å². The summed E-state index contributed by atoms with van der Waals surface area (Å²) in [4.78, 5) is 18.8. The van der Waals surface area contributed by atoms with Gasteiger partial charge in [0.05, 0.1) is 16.0 Å². The molecule has 0 unspecified atom stereocenters. The molecule has 136 valence electrons. The second-order valence-corrected chi connectivity index (χ2v) is 9.08. The van der Waals surface area contributed by atoms with E-state index in [1.54, 1.807) is 23.1 Å². The van der Waals surface area contributed by atoms with Crippen LogP contribution in [-0.2, 0) is 11.3 Å². The van der Waals surface area contributed by atoms with E-state index in [0.29, 0.717) is 5.75 Å². The zero-order valence-corrected chi connectivity index (χ0v) is 17.6. The molecule has 0 spiro atoms. The molecule has 6 heteroatoms. The Morgan fingerprint density at radius 3 is 2.62 bits per heavy atom. The normalized spacial score (nSPS) is 12.0. The van der Waals surface area contributed by atoms with Crippen LogP contribution in [0.1, 0.15) is 11.1 Å². The van der Waals surface area contributed by atoms with Crippen LogP contribution < -0.4 is 4.80 Å². The molecule has 2 aromatic carbocycles. The number of thioether (sulfide) groups is 2. The van der Waals surface area contributed by atoms with E-state index in [1.165, 1.54) is 33.1 Å². The first kappa shape index (κ1) is 19.3. The number of hydrogen-bond acceptors (Lipinski definition) is 4. The Morgan fingerprint density at radius 1 is 1.15 bits per heavy atom. The van der Waals surface area contributed by atoms with Gasteiger partial charge in [0.1, 0.15) is 0 Å². The van der Waals surface area contributed by atoms with Crippen molar-refractivity contribution in [3.8, 4) is 0 Å². The van der Waals surface area contributed by atoms with Gasteiger partial charge in [0.25, 0.3) is 5.91 Å². The second kappa shape index (κ2) is 8.93. The highest BCUT2D eigenvalue weighted by atomic mass is 32.2. The van der Waals surface area contributed by atoms with E-state index in [0.717, 1.165) is 22.0 Å². The van der Waals surface area contributed by atoms with Crippen molar-refractivity contribution in [3.05, 3.63) is 58.4 Å². The zero-order chi connectivity index (χ0) is 18.5. The third kappa shape index (κ3) is 4.61. The molecule has 0 aliphatic carbocycles. The van der Waals surface area contributed by atoms with Gasteiger partial charge in [0.2, 0.25) is 0 Å². The Balaban J connectivity index is 1.91. The predicted molar refractivity (Wildman–Crippen MR) is 115 cm³/mol. The average Bonchev–Trinajstić information content (AvgIpc) is 2.95. The minimum Gasteiger partial charge on any atom is -0.316 e. The van der Waals surface area contributed by atoms with Crippen molar-refractivity contribution in [1.29, 1.82) is 0 Å². The Labute approximate surface area is 166 Å². The molecular weight excluding hydrogens is 380 g/mol. The van der Waals surface area contributed by atoms with Crippen molar-refractivity contribution >= 4 is 51.0 Å². The summed E-state index contributed by atoms with van der Waals surface area (Å²) in [6.45, 7) is 5.12. The van der Waals surface area contributed by atoms with Gasteiger partial charge in [-0.1, -0.05) is 29.5 Å². The van der Waals surface area contributed by atoms with Crippen LogP contribution >= 0.6 is 34.9 Å². The fourth-order valence-corrected chi connectivity index (χ4v) is 4.83. The number of carbonyl (C=O) groups excluding carboxylic acids is 1. The summed E-state index contributed by atoms with van der Waals surface area (Å²) in [7, 11) is 0. The van der Waals surface area contributed by atoms with Crippen LogP contribution in [0.25, 0.3) is 10.2 Å². The lowest BCUT2D eigenvalue weighted by Crippen LogP contribution is -2.18. The van der Waals surface area contributed by atoms with Crippen molar-refractivity contribution in [3.63, 3.8) is 0 Å². The molecule has 1 heterocycles. The van der Waals surface area contributed by atoms with Crippen LogP contribution in [-0.4, -0.2) is 28.2 Å². The highest BCUT2D eigenvalue weighted by molar-refractivity contribution is 8.00. The Bertz CT molecular complexity index is 974. The van der Waals surface area contributed by atoms with Crippen LogP contribution in [0.5, 0.6) is 0 Å². The van der Waals surface area contributed by atoms with Gasteiger partial charge in [-0.25, -0.2) is 0 Å². The summed E-state index contributed by atoms with van der Waals surface area (Å²) in [6.07, 6.45) is 2.10. The Hall–Kier alpha value is -1.50. The van der Waals surface area contributed by atoms with Gasteiger partial charge in [0.15, 0.2) is 4.80 Å². The lowest BCUT2D eigenvalue weighted by molar-refractivity contribution is -0.115. The van der Waals surface area contributed by atoms with Crippen molar-refractivity contribution in [2.75, 3.05) is 17.8 Å². The molecule has 0 saturated heterocycles. The zero-order valence-electron chi connectivity index (χ0n) is 15.2. The third-order valence-electron chi connectivity index (χ3n) is 4.14. The molecule has 0 atom stereocenters. The van der Waals surface area contributed by atoms with Gasteiger partial charge < -0.3 is 4.57 Å². The lowest BCUT2D eigenvalue weighted by Gasteiger charge is -2.06. The summed E-state index contributed by atoms with van der Waals surface area (Å²) < 4.78 is 3.38. The molecule has 0 saturated carbocycles. The lowest BCUT2D eigenvalue weighted by atomic mass is 10.1. The van der Waals surface area contributed by atoms with E-state index in [2.05, 4.69) is 41.8 Å². The third-order valence-corrected chi connectivity index (χ3v) is 6.77. The number of benzene rings is 2. The number of thiazole rings is 1. The highest BCUT2D eigenvalue weighted by Crippen LogP contribution is 2.22. The maximum atomic E-state index is 12.4. The number of carbonyl (C=O) groups is 1. The number of fused-ring (bicyclic) bond motifs is 1. The van der Waals surface area contributed by atoms with E-state index in [1.807, 2.05) is 30.3 Å². The van der Waals surface area contributed by atoms with Gasteiger partial charge in [-0.05, 0) is 55.5 Å². The Morgan fingerprint density at radius 2 is 1.88 bits per heavy atom. The molecule has 3 nitrogen and oxygen atoms in total. The number of aromatic nitrogens is 1. The van der Waals surface area contributed by atoms with Gasteiger partial charge in [-0.15, -0.1) is 11.8 Å². The van der Waals surface area contributed by atoms with Gasteiger partial charge in [-0.3, -0.25) is 4.79 Å². The molecule has 26 heavy (non-hydrogen) atoms. The van der Waals surface area contributed by atoms with E-state index < -0.39 is 0 Å². The van der Waals surface area contributed by atoms with Crippen LogP contribution in [0.15, 0.2) is 52.4 Å². The molecule has 1 amide bonds. The van der Waals surface area contributed by atoms with Crippen molar-refractivity contribution in [2.24, 2.45) is 4.99 Å². The van der Waals surface area contributed by atoms with Crippen molar-refractivity contribution < 1.29 is 4.79 Å².